The summed E-state index contributed by atoms with van der Waals surface area (Å²) < 4.78 is 22.0. The van der Waals surface area contributed by atoms with Crippen LogP contribution in [0.2, 0.25) is 0 Å². The highest BCUT2D eigenvalue weighted by Gasteiger charge is 2.21. The van der Waals surface area contributed by atoms with Crippen molar-refractivity contribution in [1.82, 2.24) is 10.2 Å². The minimum atomic E-state index is -2.99. The quantitative estimate of drug-likeness (QED) is 0.769. The first kappa shape index (κ1) is 8.64. The van der Waals surface area contributed by atoms with Gasteiger partial charge in [0, 0.05) is 5.41 Å². The third-order valence-electron chi connectivity index (χ3n) is 1.60. The van der Waals surface area contributed by atoms with Gasteiger partial charge in [0.1, 0.15) is 5.51 Å². The predicted octanol–water partition coefficient (Wildman–Crippen LogP) is 0.261. The zero-order valence-corrected chi connectivity index (χ0v) is 8.18. The lowest BCUT2D eigenvalue weighted by Gasteiger charge is -2.06. The maximum Gasteiger partial charge on any atom is 0.205 e. The second-order valence-corrected chi connectivity index (χ2v) is 5.42. The van der Waals surface area contributed by atoms with Crippen molar-refractivity contribution in [2.45, 2.75) is 6.04 Å². The molecule has 1 aromatic rings. The van der Waals surface area contributed by atoms with E-state index >= 15 is 0 Å². The number of nitrogens with zero attached hydrogens (tertiary/aromatic N) is 2. The smallest absolute Gasteiger partial charge is 0.205 e. The largest absolute Gasteiger partial charge is 0.353 e. The van der Waals surface area contributed by atoms with E-state index < -0.39 is 9.84 Å². The Labute approximate surface area is 79.4 Å². The summed E-state index contributed by atoms with van der Waals surface area (Å²) in [5, 5.41) is 12.2. The molecule has 13 heavy (non-hydrogen) atoms. The zero-order chi connectivity index (χ0) is 9.31. The van der Waals surface area contributed by atoms with Gasteiger partial charge in [-0.1, -0.05) is 11.3 Å². The lowest BCUT2D eigenvalue weighted by Crippen LogP contribution is -2.20. The fourth-order valence-corrected chi connectivity index (χ4v) is 2.80. The van der Waals surface area contributed by atoms with Crippen LogP contribution in [0.1, 0.15) is 0 Å². The first-order valence-electron chi connectivity index (χ1n) is 3.59. The predicted molar refractivity (Wildman–Crippen MR) is 50.2 cm³/mol. The Morgan fingerprint density at radius 1 is 1.62 bits per heavy atom. The van der Waals surface area contributed by atoms with Crippen LogP contribution >= 0.6 is 11.3 Å². The number of sulfone groups is 1. The normalized spacial score (nSPS) is 24.8. The van der Waals surface area contributed by atoms with E-state index in [0.717, 1.165) is 0 Å². The molecule has 2 heterocycles. The SMILES string of the molecule is O=S1(=O)C=CC(Nc2nncs2)C1. The van der Waals surface area contributed by atoms with Crippen LogP contribution in [-0.4, -0.2) is 30.4 Å². The Balaban J connectivity index is 2.04. The van der Waals surface area contributed by atoms with Gasteiger partial charge in [-0.3, -0.25) is 0 Å². The van der Waals surface area contributed by atoms with Crippen molar-refractivity contribution < 1.29 is 8.42 Å². The molecule has 2 rings (SSSR count). The summed E-state index contributed by atoms with van der Waals surface area (Å²) in [6, 6.07) is -0.169. The molecule has 0 aromatic carbocycles. The topological polar surface area (TPSA) is 72.0 Å². The monoisotopic (exact) mass is 217 g/mol. The third kappa shape index (κ3) is 2.04. The second-order valence-electron chi connectivity index (χ2n) is 2.65. The highest BCUT2D eigenvalue weighted by atomic mass is 32.2. The molecule has 0 fully saturated rings. The van der Waals surface area contributed by atoms with Crippen molar-refractivity contribution in [3.05, 3.63) is 17.0 Å². The minimum absolute atomic E-state index is 0.104. The number of aromatic nitrogens is 2. The van der Waals surface area contributed by atoms with Crippen LogP contribution in [0.3, 0.4) is 0 Å². The number of hydrogen-bond donors (Lipinski definition) is 1. The Kier molecular flexibility index (Phi) is 2.04. The van der Waals surface area contributed by atoms with Crippen LogP contribution in [0.15, 0.2) is 17.0 Å². The van der Waals surface area contributed by atoms with Gasteiger partial charge in [-0.15, -0.1) is 10.2 Å². The molecule has 7 heteroatoms. The lowest BCUT2D eigenvalue weighted by atomic mass is 10.3. The summed E-state index contributed by atoms with van der Waals surface area (Å²) in [6.07, 6.45) is 1.62. The van der Waals surface area contributed by atoms with Gasteiger partial charge < -0.3 is 5.32 Å². The molecule has 0 radical (unpaired) electrons. The molecule has 5 nitrogen and oxygen atoms in total. The number of rotatable bonds is 2. The van der Waals surface area contributed by atoms with Crippen LogP contribution in [0.4, 0.5) is 5.13 Å². The van der Waals surface area contributed by atoms with E-state index in [1.165, 1.54) is 16.7 Å². The Hall–Kier alpha value is -0.950. The van der Waals surface area contributed by atoms with Gasteiger partial charge in [-0.25, -0.2) is 8.42 Å². The molecule has 1 atom stereocenters. The summed E-state index contributed by atoms with van der Waals surface area (Å²) in [7, 11) is -2.99. The summed E-state index contributed by atoms with van der Waals surface area (Å²) >= 11 is 1.35. The van der Waals surface area contributed by atoms with Gasteiger partial charge in [0.2, 0.25) is 5.13 Å². The highest BCUT2D eigenvalue weighted by Crippen LogP contribution is 2.15. The molecule has 0 saturated heterocycles. The minimum Gasteiger partial charge on any atom is -0.353 e. The summed E-state index contributed by atoms with van der Waals surface area (Å²) in [5.74, 6) is 0.104. The summed E-state index contributed by atoms with van der Waals surface area (Å²) in [4.78, 5) is 0. The van der Waals surface area contributed by atoms with Crippen molar-refractivity contribution in [3.8, 4) is 0 Å². The Morgan fingerprint density at radius 2 is 2.46 bits per heavy atom. The number of hydrogen-bond acceptors (Lipinski definition) is 6. The van der Waals surface area contributed by atoms with Crippen LogP contribution in [0.25, 0.3) is 0 Å². The molecule has 0 bridgehead atoms. The van der Waals surface area contributed by atoms with Crippen LogP contribution in [-0.2, 0) is 9.84 Å². The molecular weight excluding hydrogens is 210 g/mol. The standard InChI is InChI=1S/C6H7N3O2S2/c10-13(11)2-1-5(3-13)8-6-9-7-4-12-6/h1-2,4-5H,3H2,(H,8,9). The Morgan fingerprint density at radius 3 is 3.00 bits per heavy atom. The highest BCUT2D eigenvalue weighted by molar-refractivity contribution is 7.94. The van der Waals surface area contributed by atoms with E-state index in [2.05, 4.69) is 15.5 Å². The van der Waals surface area contributed by atoms with Crippen molar-refractivity contribution in [3.63, 3.8) is 0 Å². The van der Waals surface area contributed by atoms with E-state index in [4.69, 9.17) is 0 Å². The molecule has 70 valence electrons. The molecule has 0 saturated carbocycles. The van der Waals surface area contributed by atoms with E-state index in [1.807, 2.05) is 0 Å². The van der Waals surface area contributed by atoms with Crippen LogP contribution < -0.4 is 5.32 Å². The molecular formula is C6H7N3O2S2. The van der Waals surface area contributed by atoms with Crippen LogP contribution in [0.5, 0.6) is 0 Å². The molecule has 1 aromatic heterocycles. The van der Waals surface area contributed by atoms with Crippen molar-refractivity contribution in [1.29, 1.82) is 0 Å². The molecule has 0 amide bonds. The lowest BCUT2D eigenvalue weighted by molar-refractivity contribution is 0.605. The van der Waals surface area contributed by atoms with Gasteiger partial charge in [-0.05, 0) is 6.08 Å². The zero-order valence-electron chi connectivity index (χ0n) is 6.54. The molecule has 0 aliphatic carbocycles. The molecule has 1 aliphatic rings. The van der Waals surface area contributed by atoms with E-state index in [-0.39, 0.29) is 11.8 Å². The first-order chi connectivity index (χ1) is 6.16. The average molecular weight is 217 g/mol. The number of anilines is 1. The van der Waals surface area contributed by atoms with Gasteiger partial charge in [0.25, 0.3) is 0 Å². The van der Waals surface area contributed by atoms with Crippen molar-refractivity contribution in [2.24, 2.45) is 0 Å². The first-order valence-corrected chi connectivity index (χ1v) is 6.19. The van der Waals surface area contributed by atoms with Gasteiger partial charge in [0.05, 0.1) is 11.8 Å². The maximum atomic E-state index is 11.0. The third-order valence-corrected chi connectivity index (χ3v) is 3.62. The molecule has 1 unspecified atom stereocenters. The Bertz CT molecular complexity index is 409. The molecule has 0 spiro atoms. The van der Waals surface area contributed by atoms with Crippen molar-refractivity contribution >= 4 is 26.3 Å². The fourth-order valence-electron chi connectivity index (χ4n) is 1.06. The summed E-state index contributed by atoms with van der Waals surface area (Å²) in [5.41, 5.74) is 1.59. The van der Waals surface area contributed by atoms with Crippen LogP contribution in [0, 0.1) is 0 Å². The van der Waals surface area contributed by atoms with Gasteiger partial charge >= 0.3 is 0 Å². The number of nitrogens with one attached hydrogen (secondary N) is 1. The maximum absolute atomic E-state index is 11.0. The second kappa shape index (κ2) is 3.08. The average Bonchev–Trinajstić information content (AvgIpc) is 2.61. The molecule has 1 N–H and O–H groups in total. The van der Waals surface area contributed by atoms with E-state index in [1.54, 1.807) is 11.6 Å². The molecule has 1 aliphatic heterocycles. The van der Waals surface area contributed by atoms with E-state index in [9.17, 15) is 8.42 Å². The van der Waals surface area contributed by atoms with Crippen molar-refractivity contribution in [2.75, 3.05) is 11.1 Å². The van der Waals surface area contributed by atoms with Gasteiger partial charge in [-0.2, -0.15) is 0 Å². The summed E-state index contributed by atoms with van der Waals surface area (Å²) in [6.45, 7) is 0. The fraction of sp³-hybridized carbons (Fsp3) is 0.333. The van der Waals surface area contributed by atoms with Gasteiger partial charge in [0.15, 0.2) is 9.84 Å². The van der Waals surface area contributed by atoms with E-state index in [0.29, 0.717) is 5.13 Å².